The van der Waals surface area contributed by atoms with E-state index < -0.39 is 5.97 Å². The summed E-state index contributed by atoms with van der Waals surface area (Å²) < 4.78 is 17.1. The van der Waals surface area contributed by atoms with Crippen LogP contribution in [0.25, 0.3) is 17.2 Å². The topological polar surface area (TPSA) is 118 Å². The molecule has 0 saturated carbocycles. The second-order valence-corrected chi connectivity index (χ2v) is 6.36. The van der Waals surface area contributed by atoms with E-state index in [-0.39, 0.29) is 18.9 Å². The lowest BCUT2D eigenvalue weighted by Crippen LogP contribution is -2.09. The lowest BCUT2D eigenvalue weighted by Gasteiger charge is -2.00. The number of carbonyl (C=O) groups is 1. The van der Waals surface area contributed by atoms with Crippen molar-refractivity contribution in [3.8, 4) is 17.1 Å². The number of hydrogen-bond donors (Lipinski definition) is 0. The van der Waals surface area contributed by atoms with Crippen molar-refractivity contribution in [2.75, 3.05) is 7.11 Å². The van der Waals surface area contributed by atoms with Crippen LogP contribution < -0.4 is 4.74 Å². The van der Waals surface area contributed by atoms with Crippen molar-refractivity contribution in [3.05, 3.63) is 53.4 Å². The molecule has 4 aromatic rings. The highest BCUT2D eigenvalue weighted by atomic mass is 16.6. The van der Waals surface area contributed by atoms with Gasteiger partial charge in [0.05, 0.1) is 7.11 Å². The quantitative estimate of drug-likeness (QED) is 0.453. The zero-order valence-corrected chi connectivity index (χ0v) is 16.1. The first-order chi connectivity index (χ1) is 14.0. The van der Waals surface area contributed by atoms with Gasteiger partial charge >= 0.3 is 5.97 Å². The number of carbonyl (C=O) groups excluding carboxylic acids is 1. The molecule has 0 aliphatic rings. The molecule has 3 aromatic heterocycles. The van der Waals surface area contributed by atoms with Gasteiger partial charge in [-0.2, -0.15) is 9.97 Å². The zero-order valence-electron chi connectivity index (χ0n) is 16.1. The van der Waals surface area contributed by atoms with Gasteiger partial charge < -0.3 is 14.0 Å². The minimum Gasteiger partial charge on any atom is -0.497 e. The number of fused-ring (bicyclic) bond motifs is 1. The smallest absolute Gasteiger partial charge is 0.314 e. The van der Waals surface area contributed by atoms with Crippen LogP contribution >= 0.6 is 0 Å². The van der Waals surface area contributed by atoms with Gasteiger partial charge in [0, 0.05) is 17.0 Å². The Morgan fingerprint density at radius 2 is 2.03 bits per heavy atom. The van der Waals surface area contributed by atoms with E-state index in [1.165, 1.54) is 0 Å². The van der Waals surface area contributed by atoms with E-state index in [2.05, 4.69) is 25.2 Å². The highest BCUT2D eigenvalue weighted by Crippen LogP contribution is 2.21. The van der Waals surface area contributed by atoms with Crippen LogP contribution in [0.4, 0.5) is 0 Å². The van der Waals surface area contributed by atoms with Gasteiger partial charge in [-0.05, 0) is 32.0 Å². The fourth-order valence-corrected chi connectivity index (χ4v) is 2.80. The normalized spacial score (nSPS) is 11.0. The molecule has 1 aromatic carbocycles. The Morgan fingerprint density at radius 3 is 2.86 bits per heavy atom. The fraction of sp³-hybridized carbons (Fsp3) is 0.263. The number of hydrogen-bond acceptors (Lipinski definition) is 9. The van der Waals surface area contributed by atoms with Crippen molar-refractivity contribution < 1.29 is 18.8 Å². The van der Waals surface area contributed by atoms with Crippen molar-refractivity contribution in [2.24, 2.45) is 0 Å². The van der Waals surface area contributed by atoms with Crippen LogP contribution in [0.1, 0.15) is 23.1 Å². The molecule has 0 fully saturated rings. The molecule has 148 valence electrons. The van der Waals surface area contributed by atoms with Crippen LogP contribution in [-0.2, 0) is 22.6 Å². The molecule has 0 aliphatic carbocycles. The molecule has 0 N–H and O–H groups in total. The Morgan fingerprint density at radius 1 is 1.17 bits per heavy atom. The summed E-state index contributed by atoms with van der Waals surface area (Å²) in [4.78, 5) is 24.9. The molecule has 10 nitrogen and oxygen atoms in total. The average molecular weight is 394 g/mol. The summed E-state index contributed by atoms with van der Waals surface area (Å²) in [6.45, 7) is 3.63. The SMILES string of the molecule is COc1cccc(-c2noc(COC(=O)Cc3nc4nc(C)cc(C)n4n3)n2)c1. The molecule has 0 atom stereocenters. The Bertz CT molecular complexity index is 1180. The maximum atomic E-state index is 12.1. The summed E-state index contributed by atoms with van der Waals surface area (Å²) in [7, 11) is 1.58. The molecule has 3 heterocycles. The maximum absolute atomic E-state index is 12.1. The van der Waals surface area contributed by atoms with E-state index in [1.54, 1.807) is 17.7 Å². The van der Waals surface area contributed by atoms with E-state index in [1.807, 2.05) is 38.1 Å². The van der Waals surface area contributed by atoms with Gasteiger partial charge in [-0.3, -0.25) is 4.79 Å². The monoisotopic (exact) mass is 394 g/mol. The number of esters is 1. The summed E-state index contributed by atoms with van der Waals surface area (Å²) in [6, 6.07) is 9.14. The third kappa shape index (κ3) is 4.05. The van der Waals surface area contributed by atoms with Crippen molar-refractivity contribution in [1.29, 1.82) is 0 Å². The summed E-state index contributed by atoms with van der Waals surface area (Å²) in [6.07, 6.45) is -0.0846. The first-order valence-electron chi connectivity index (χ1n) is 8.84. The number of aryl methyl sites for hydroxylation is 2. The standard InChI is InChI=1S/C19H18N6O4/c1-11-7-12(2)25-19(20-11)21-15(23-25)9-17(26)28-10-16-22-18(24-29-16)13-5-4-6-14(8-13)27-3/h4-8H,9-10H2,1-3H3. The highest BCUT2D eigenvalue weighted by molar-refractivity contribution is 5.71. The Hall–Kier alpha value is -3.82. The van der Waals surface area contributed by atoms with Gasteiger partial charge in [0.1, 0.15) is 12.2 Å². The van der Waals surface area contributed by atoms with Gasteiger partial charge in [-0.15, -0.1) is 5.10 Å². The fourth-order valence-electron chi connectivity index (χ4n) is 2.80. The second kappa shape index (κ2) is 7.66. The number of benzene rings is 1. The summed E-state index contributed by atoms with van der Waals surface area (Å²) in [5.74, 6) is 1.53. The first kappa shape index (κ1) is 18.5. The average Bonchev–Trinajstić information content (AvgIpc) is 3.33. The second-order valence-electron chi connectivity index (χ2n) is 6.36. The zero-order chi connectivity index (χ0) is 20.4. The molecule has 0 spiro atoms. The molecule has 0 saturated heterocycles. The van der Waals surface area contributed by atoms with Crippen molar-refractivity contribution in [2.45, 2.75) is 26.9 Å². The number of ether oxygens (including phenoxy) is 2. The van der Waals surface area contributed by atoms with E-state index in [4.69, 9.17) is 14.0 Å². The number of rotatable bonds is 6. The minimum absolute atomic E-state index is 0.0846. The molecule has 4 rings (SSSR count). The van der Waals surface area contributed by atoms with Crippen LogP contribution in [0.2, 0.25) is 0 Å². The molecule has 10 heteroatoms. The van der Waals surface area contributed by atoms with Crippen molar-refractivity contribution in [3.63, 3.8) is 0 Å². The first-order valence-corrected chi connectivity index (χ1v) is 8.84. The van der Waals surface area contributed by atoms with E-state index in [0.29, 0.717) is 23.2 Å². The third-order valence-corrected chi connectivity index (χ3v) is 4.12. The Kier molecular flexibility index (Phi) is 4.90. The molecule has 0 bridgehead atoms. The molecule has 29 heavy (non-hydrogen) atoms. The van der Waals surface area contributed by atoms with Gasteiger partial charge in [-0.1, -0.05) is 17.3 Å². The molecular formula is C19H18N6O4. The van der Waals surface area contributed by atoms with E-state index in [0.717, 1.165) is 17.0 Å². The van der Waals surface area contributed by atoms with Crippen LogP contribution in [0.15, 0.2) is 34.9 Å². The van der Waals surface area contributed by atoms with E-state index >= 15 is 0 Å². The van der Waals surface area contributed by atoms with Crippen LogP contribution in [0.3, 0.4) is 0 Å². The van der Waals surface area contributed by atoms with Gasteiger partial charge in [-0.25, -0.2) is 9.50 Å². The molecule has 0 radical (unpaired) electrons. The minimum atomic E-state index is -0.503. The molecule has 0 amide bonds. The molecular weight excluding hydrogens is 376 g/mol. The highest BCUT2D eigenvalue weighted by Gasteiger charge is 2.15. The van der Waals surface area contributed by atoms with Crippen molar-refractivity contribution >= 4 is 11.7 Å². The van der Waals surface area contributed by atoms with Crippen LogP contribution in [0.5, 0.6) is 5.75 Å². The summed E-state index contributed by atoms with van der Waals surface area (Å²) in [5, 5.41) is 8.19. The molecule has 0 aliphatic heterocycles. The number of methoxy groups -OCH3 is 1. The van der Waals surface area contributed by atoms with Crippen LogP contribution in [0, 0.1) is 13.8 Å². The van der Waals surface area contributed by atoms with Gasteiger partial charge in [0.2, 0.25) is 5.82 Å². The summed E-state index contributed by atoms with van der Waals surface area (Å²) in [5.41, 5.74) is 2.45. The predicted octanol–water partition coefficient (Wildman–Crippen LogP) is 2.09. The van der Waals surface area contributed by atoms with Crippen LogP contribution in [-0.4, -0.2) is 42.8 Å². The predicted molar refractivity (Wildman–Crippen MR) is 100 cm³/mol. The Labute approximate surface area is 165 Å². The number of aromatic nitrogens is 6. The largest absolute Gasteiger partial charge is 0.497 e. The lowest BCUT2D eigenvalue weighted by molar-refractivity contribution is -0.145. The van der Waals surface area contributed by atoms with Crippen molar-refractivity contribution in [1.82, 2.24) is 29.7 Å². The molecule has 0 unspecified atom stereocenters. The maximum Gasteiger partial charge on any atom is 0.314 e. The third-order valence-electron chi connectivity index (χ3n) is 4.12. The lowest BCUT2D eigenvalue weighted by atomic mass is 10.2. The van der Waals surface area contributed by atoms with Gasteiger partial charge in [0.25, 0.3) is 11.7 Å². The number of nitrogens with zero attached hydrogens (tertiary/aromatic N) is 6. The Balaban J connectivity index is 1.39. The summed E-state index contributed by atoms with van der Waals surface area (Å²) >= 11 is 0. The van der Waals surface area contributed by atoms with E-state index in [9.17, 15) is 4.79 Å². The van der Waals surface area contributed by atoms with Gasteiger partial charge in [0.15, 0.2) is 12.4 Å².